The minimum Gasteiger partial charge on any atom is -0.484 e. The van der Waals surface area contributed by atoms with Crippen LogP contribution in [-0.4, -0.2) is 54.5 Å². The number of hydrogen-bond donors (Lipinski definition) is 4. The van der Waals surface area contributed by atoms with E-state index in [0.29, 0.717) is 38.8 Å². The summed E-state index contributed by atoms with van der Waals surface area (Å²) in [5.74, 6) is -0.973. The Morgan fingerprint density at radius 2 is 1.90 bits per heavy atom. The van der Waals surface area contributed by atoms with Gasteiger partial charge < -0.3 is 26.0 Å². The maximum Gasteiger partial charge on any atom is 0.258 e. The van der Waals surface area contributed by atoms with Gasteiger partial charge in [0.05, 0.1) is 10.9 Å². The Labute approximate surface area is 184 Å². The predicted molar refractivity (Wildman–Crippen MR) is 111 cm³/mol. The summed E-state index contributed by atoms with van der Waals surface area (Å²) in [5, 5.41) is 12.2. The first-order valence-corrected chi connectivity index (χ1v) is 10.7. The van der Waals surface area contributed by atoms with Crippen molar-refractivity contribution in [2.75, 3.05) is 19.7 Å². The van der Waals surface area contributed by atoms with Gasteiger partial charge in [0.1, 0.15) is 11.6 Å². The molecule has 1 aromatic carbocycles. The molecular weight excluding hydrogens is 427 g/mol. The number of ether oxygens (including phenoxy) is 1. The van der Waals surface area contributed by atoms with Crippen LogP contribution in [0.25, 0.3) is 0 Å². The molecule has 1 aliphatic heterocycles. The third-order valence-corrected chi connectivity index (χ3v) is 6.52. The summed E-state index contributed by atoms with van der Waals surface area (Å²) in [4.78, 5) is 36.2. The molecular formula is C21H26ClFN4O4. The minimum absolute atomic E-state index is 0.00680. The van der Waals surface area contributed by atoms with Crippen molar-refractivity contribution in [1.82, 2.24) is 21.3 Å². The highest BCUT2D eigenvalue weighted by atomic mass is 35.5. The molecule has 0 radical (unpaired) electrons. The smallest absolute Gasteiger partial charge is 0.258 e. The van der Waals surface area contributed by atoms with Crippen LogP contribution in [0.15, 0.2) is 18.2 Å². The summed E-state index contributed by atoms with van der Waals surface area (Å²) < 4.78 is 18.8. The number of piperidine rings is 1. The van der Waals surface area contributed by atoms with E-state index in [0.717, 1.165) is 6.07 Å². The zero-order chi connectivity index (χ0) is 22.2. The number of carbonyl (C=O) groups is 3. The van der Waals surface area contributed by atoms with Gasteiger partial charge in [0, 0.05) is 43.2 Å². The van der Waals surface area contributed by atoms with Gasteiger partial charge >= 0.3 is 0 Å². The van der Waals surface area contributed by atoms with E-state index in [9.17, 15) is 18.8 Å². The van der Waals surface area contributed by atoms with E-state index in [1.165, 1.54) is 19.1 Å². The van der Waals surface area contributed by atoms with Crippen molar-refractivity contribution >= 4 is 29.3 Å². The van der Waals surface area contributed by atoms with Gasteiger partial charge in [0.25, 0.3) is 5.91 Å². The lowest BCUT2D eigenvalue weighted by atomic mass is 9.44. The molecule has 3 aliphatic carbocycles. The Morgan fingerprint density at radius 1 is 1.19 bits per heavy atom. The maximum atomic E-state index is 13.4. The molecule has 5 rings (SSSR count). The first-order valence-electron chi connectivity index (χ1n) is 10.4. The number of hydrogen-bond acceptors (Lipinski definition) is 5. The second-order valence-corrected chi connectivity index (χ2v) is 9.39. The van der Waals surface area contributed by atoms with Gasteiger partial charge in [-0.05, 0) is 37.8 Å². The lowest BCUT2D eigenvalue weighted by Crippen LogP contribution is -2.84. The Balaban J connectivity index is 1.19. The van der Waals surface area contributed by atoms with E-state index in [1.54, 1.807) is 0 Å². The van der Waals surface area contributed by atoms with E-state index >= 15 is 0 Å². The molecule has 1 aromatic rings. The second kappa shape index (κ2) is 8.27. The molecule has 3 saturated carbocycles. The molecule has 168 valence electrons. The largest absolute Gasteiger partial charge is 0.484 e. The molecule has 2 unspecified atom stereocenters. The van der Waals surface area contributed by atoms with Crippen LogP contribution >= 0.6 is 11.6 Å². The van der Waals surface area contributed by atoms with Crippen LogP contribution in [0.2, 0.25) is 5.02 Å². The normalized spacial score (nSPS) is 30.9. The van der Waals surface area contributed by atoms with Crippen molar-refractivity contribution in [3.8, 4) is 5.75 Å². The van der Waals surface area contributed by atoms with E-state index in [-0.39, 0.29) is 58.1 Å². The molecule has 1 heterocycles. The average Bonchev–Trinajstić information content (AvgIpc) is 2.66. The molecule has 1 saturated heterocycles. The fourth-order valence-corrected chi connectivity index (χ4v) is 5.12. The fourth-order valence-electron chi connectivity index (χ4n) is 5.00. The van der Waals surface area contributed by atoms with Crippen molar-refractivity contribution in [3.63, 3.8) is 0 Å². The maximum absolute atomic E-state index is 13.4. The first-order chi connectivity index (χ1) is 14.7. The van der Waals surface area contributed by atoms with Gasteiger partial charge in [-0.3, -0.25) is 14.4 Å². The van der Waals surface area contributed by atoms with E-state index in [4.69, 9.17) is 16.3 Å². The summed E-state index contributed by atoms with van der Waals surface area (Å²) in [6, 6.07) is 3.96. The van der Waals surface area contributed by atoms with Gasteiger partial charge in [-0.25, -0.2) is 4.39 Å². The lowest BCUT2D eigenvalue weighted by Gasteiger charge is -2.70. The molecule has 8 nitrogen and oxygen atoms in total. The molecule has 0 aromatic heterocycles. The predicted octanol–water partition coefficient (Wildman–Crippen LogP) is 0.880. The van der Waals surface area contributed by atoms with Crippen molar-refractivity contribution < 1.29 is 23.5 Å². The van der Waals surface area contributed by atoms with Gasteiger partial charge in [0.2, 0.25) is 11.8 Å². The lowest BCUT2D eigenvalue weighted by molar-refractivity contribution is -0.153. The van der Waals surface area contributed by atoms with Crippen LogP contribution in [0.3, 0.4) is 0 Å². The molecule has 0 spiro atoms. The molecule has 3 amide bonds. The van der Waals surface area contributed by atoms with Crippen LogP contribution in [0, 0.1) is 11.7 Å². The summed E-state index contributed by atoms with van der Waals surface area (Å²) in [6.45, 7) is 2.50. The SMILES string of the molecule is CC(=O)NC1CNCC(C(=O)NC23CC(NC(=O)COc4ccc(Cl)c(F)c4)(C2)C3)C1. The zero-order valence-corrected chi connectivity index (χ0v) is 18.0. The van der Waals surface area contributed by atoms with Crippen molar-refractivity contribution in [1.29, 1.82) is 0 Å². The quantitative estimate of drug-likeness (QED) is 0.491. The van der Waals surface area contributed by atoms with Gasteiger partial charge in [-0.1, -0.05) is 11.6 Å². The Morgan fingerprint density at radius 3 is 2.58 bits per heavy atom. The van der Waals surface area contributed by atoms with Crippen molar-refractivity contribution in [3.05, 3.63) is 29.0 Å². The number of carbonyl (C=O) groups excluding carboxylic acids is 3. The topological polar surface area (TPSA) is 109 Å². The van der Waals surface area contributed by atoms with Gasteiger partial charge in [-0.15, -0.1) is 0 Å². The highest BCUT2D eigenvalue weighted by Gasteiger charge is 2.69. The summed E-state index contributed by atoms with van der Waals surface area (Å²) in [7, 11) is 0. The Bertz CT molecular complexity index is 892. The van der Waals surface area contributed by atoms with Gasteiger partial charge in [-0.2, -0.15) is 0 Å². The number of amides is 3. The summed E-state index contributed by atoms with van der Waals surface area (Å²) in [5.41, 5.74) is -0.562. The second-order valence-electron chi connectivity index (χ2n) is 8.98. The first kappa shape index (κ1) is 21.8. The van der Waals surface area contributed by atoms with Crippen molar-refractivity contribution in [2.24, 2.45) is 5.92 Å². The number of nitrogens with one attached hydrogen (secondary N) is 4. The standard InChI is InChI=1S/C21H26ClFN4O4/c1-12(28)25-14-4-13(6-24-7-14)19(30)27-21-9-20(10-21,11-21)26-18(29)8-31-15-2-3-16(22)17(23)5-15/h2-3,5,13-14,24H,4,6-11H2,1H3,(H,25,28)(H,26,29)(H,27,30). The molecule has 2 bridgehead atoms. The Hall–Kier alpha value is -2.39. The molecule has 4 fully saturated rings. The number of rotatable bonds is 7. The van der Waals surface area contributed by atoms with E-state index in [2.05, 4.69) is 21.3 Å². The summed E-state index contributed by atoms with van der Waals surface area (Å²) >= 11 is 5.63. The molecule has 10 heteroatoms. The number of halogens is 2. The zero-order valence-electron chi connectivity index (χ0n) is 17.2. The third-order valence-electron chi connectivity index (χ3n) is 6.21. The van der Waals surface area contributed by atoms with Crippen LogP contribution < -0.4 is 26.0 Å². The van der Waals surface area contributed by atoms with E-state index < -0.39 is 5.82 Å². The fraction of sp³-hybridized carbons (Fsp3) is 0.571. The average molecular weight is 453 g/mol. The third kappa shape index (κ3) is 4.77. The van der Waals surface area contributed by atoms with Crippen LogP contribution in [0.4, 0.5) is 4.39 Å². The van der Waals surface area contributed by atoms with Gasteiger partial charge in [0.15, 0.2) is 6.61 Å². The van der Waals surface area contributed by atoms with E-state index in [1.807, 2.05) is 0 Å². The molecule has 2 atom stereocenters. The molecule has 4 N–H and O–H groups in total. The summed E-state index contributed by atoms with van der Waals surface area (Å²) in [6.07, 6.45) is 2.66. The monoisotopic (exact) mass is 452 g/mol. The Kier molecular flexibility index (Phi) is 5.83. The van der Waals surface area contributed by atoms with Crippen LogP contribution in [0.1, 0.15) is 32.6 Å². The van der Waals surface area contributed by atoms with Crippen molar-refractivity contribution in [2.45, 2.75) is 49.7 Å². The minimum atomic E-state index is -0.603. The molecule has 4 aliphatic rings. The number of benzene rings is 1. The highest BCUT2D eigenvalue weighted by molar-refractivity contribution is 6.30. The highest BCUT2D eigenvalue weighted by Crippen LogP contribution is 2.60. The van der Waals surface area contributed by atoms with Crippen LogP contribution in [0.5, 0.6) is 5.75 Å². The molecule has 31 heavy (non-hydrogen) atoms. The van der Waals surface area contributed by atoms with Crippen LogP contribution in [-0.2, 0) is 14.4 Å².